The minimum atomic E-state index is -0.128. The fraction of sp³-hybridized carbons (Fsp3) is 0.500. The SMILES string of the molecule is CCc1nn(-c2ccccc2)c2nc(C3CCN(C(=O)C4CCNCC4)CC3)[nH]c(=O)c12.Cl. The van der Waals surface area contributed by atoms with Crippen LogP contribution in [0.25, 0.3) is 16.7 Å². The van der Waals surface area contributed by atoms with Gasteiger partial charge in [-0.05, 0) is 57.3 Å². The van der Waals surface area contributed by atoms with Crippen molar-refractivity contribution >= 4 is 29.3 Å². The molecule has 0 aliphatic carbocycles. The van der Waals surface area contributed by atoms with E-state index < -0.39 is 0 Å². The van der Waals surface area contributed by atoms with Gasteiger partial charge in [-0.2, -0.15) is 5.10 Å². The van der Waals surface area contributed by atoms with Crippen molar-refractivity contribution < 1.29 is 4.79 Å². The fourth-order valence-electron chi connectivity index (χ4n) is 5.00. The highest BCUT2D eigenvalue weighted by Crippen LogP contribution is 2.28. The van der Waals surface area contributed by atoms with Crippen LogP contribution in [-0.4, -0.2) is 56.7 Å². The highest BCUT2D eigenvalue weighted by atomic mass is 35.5. The summed E-state index contributed by atoms with van der Waals surface area (Å²) in [6, 6.07) is 9.81. The molecule has 0 spiro atoms. The van der Waals surface area contributed by atoms with Crippen molar-refractivity contribution in [3.05, 3.63) is 52.2 Å². The first-order chi connectivity index (χ1) is 15.7. The molecule has 0 saturated carbocycles. The second-order valence-electron chi connectivity index (χ2n) is 8.82. The first kappa shape index (κ1) is 23.4. The number of carbonyl (C=O) groups is 1. The van der Waals surface area contributed by atoms with Crippen molar-refractivity contribution in [1.29, 1.82) is 0 Å². The number of aromatic nitrogens is 4. The predicted molar refractivity (Wildman–Crippen MR) is 130 cm³/mol. The van der Waals surface area contributed by atoms with Crippen LogP contribution in [0.4, 0.5) is 0 Å². The monoisotopic (exact) mass is 470 g/mol. The Balaban J connectivity index is 0.00000259. The molecule has 2 aromatic heterocycles. The number of hydrogen-bond acceptors (Lipinski definition) is 5. The maximum atomic E-state index is 13.0. The van der Waals surface area contributed by atoms with E-state index in [0.717, 1.165) is 50.2 Å². The number of aromatic amines is 1. The number of nitrogens with one attached hydrogen (secondary N) is 2. The van der Waals surface area contributed by atoms with E-state index in [2.05, 4.69) is 15.4 Å². The molecule has 0 unspecified atom stereocenters. The van der Waals surface area contributed by atoms with Gasteiger partial charge >= 0.3 is 0 Å². The number of piperidine rings is 2. The third-order valence-electron chi connectivity index (χ3n) is 6.85. The first-order valence-electron chi connectivity index (χ1n) is 11.7. The van der Waals surface area contributed by atoms with E-state index in [1.165, 1.54) is 0 Å². The van der Waals surface area contributed by atoms with Gasteiger partial charge in [-0.1, -0.05) is 25.1 Å². The summed E-state index contributed by atoms with van der Waals surface area (Å²) < 4.78 is 1.78. The van der Waals surface area contributed by atoms with Crippen LogP contribution in [-0.2, 0) is 11.2 Å². The van der Waals surface area contributed by atoms with Gasteiger partial charge in [-0.15, -0.1) is 12.4 Å². The molecular weight excluding hydrogens is 440 g/mol. The Morgan fingerprint density at radius 2 is 1.79 bits per heavy atom. The molecule has 1 aromatic carbocycles. The van der Waals surface area contributed by atoms with E-state index in [4.69, 9.17) is 4.98 Å². The molecular formula is C24H31ClN6O2. The summed E-state index contributed by atoms with van der Waals surface area (Å²) in [6.07, 6.45) is 4.13. The van der Waals surface area contributed by atoms with Crippen LogP contribution in [0.5, 0.6) is 0 Å². The quantitative estimate of drug-likeness (QED) is 0.611. The van der Waals surface area contributed by atoms with Crippen LogP contribution >= 0.6 is 12.4 Å². The van der Waals surface area contributed by atoms with Crippen LogP contribution in [0.3, 0.4) is 0 Å². The Bertz CT molecular complexity index is 1160. The number of amides is 1. The van der Waals surface area contributed by atoms with E-state index in [9.17, 15) is 9.59 Å². The maximum absolute atomic E-state index is 13.0. The van der Waals surface area contributed by atoms with E-state index in [1.54, 1.807) is 4.68 Å². The molecule has 2 fully saturated rings. The summed E-state index contributed by atoms with van der Waals surface area (Å²) in [6.45, 7) is 5.28. The number of likely N-dealkylation sites (tertiary alicyclic amines) is 1. The molecule has 176 valence electrons. The molecule has 3 aromatic rings. The van der Waals surface area contributed by atoms with Gasteiger partial charge in [0.1, 0.15) is 11.2 Å². The van der Waals surface area contributed by atoms with Crippen LogP contribution < -0.4 is 10.9 Å². The van der Waals surface area contributed by atoms with Crippen molar-refractivity contribution in [2.75, 3.05) is 26.2 Å². The van der Waals surface area contributed by atoms with E-state index >= 15 is 0 Å². The van der Waals surface area contributed by atoms with Gasteiger partial charge < -0.3 is 15.2 Å². The topological polar surface area (TPSA) is 95.9 Å². The minimum Gasteiger partial charge on any atom is -0.342 e. The number of para-hydroxylation sites is 1. The van der Waals surface area contributed by atoms with Gasteiger partial charge in [0.05, 0.1) is 11.4 Å². The standard InChI is InChI=1S/C24H30N6O2.ClH/c1-2-19-20-22(30(28-19)18-6-4-3-5-7-18)26-21(27-23(20)31)16-10-14-29(15-11-16)24(32)17-8-12-25-13-9-17;/h3-7,16-17,25H,2,8-15H2,1H3,(H,26,27,31);1H. The zero-order valence-corrected chi connectivity index (χ0v) is 19.7. The van der Waals surface area contributed by atoms with Crippen LogP contribution in [0.1, 0.15) is 50.0 Å². The number of carbonyl (C=O) groups excluding carboxylic acids is 1. The van der Waals surface area contributed by atoms with Crippen molar-refractivity contribution in [3.8, 4) is 5.69 Å². The van der Waals surface area contributed by atoms with Gasteiger partial charge in [0.15, 0.2) is 5.65 Å². The summed E-state index contributed by atoms with van der Waals surface area (Å²) in [4.78, 5) is 35.8. The number of halogens is 1. The maximum Gasteiger partial charge on any atom is 0.262 e. The lowest BCUT2D eigenvalue weighted by atomic mass is 9.92. The van der Waals surface area contributed by atoms with Crippen molar-refractivity contribution in [2.24, 2.45) is 5.92 Å². The minimum absolute atomic E-state index is 0. The predicted octanol–water partition coefficient (Wildman–Crippen LogP) is 2.80. The molecule has 9 heteroatoms. The first-order valence-corrected chi connectivity index (χ1v) is 11.7. The second-order valence-corrected chi connectivity index (χ2v) is 8.82. The van der Waals surface area contributed by atoms with Gasteiger partial charge in [-0.3, -0.25) is 9.59 Å². The van der Waals surface area contributed by atoms with Crippen LogP contribution in [0.15, 0.2) is 35.1 Å². The van der Waals surface area contributed by atoms with E-state index in [0.29, 0.717) is 36.4 Å². The summed E-state index contributed by atoms with van der Waals surface area (Å²) in [5.74, 6) is 1.27. The van der Waals surface area contributed by atoms with Gasteiger partial charge in [0.2, 0.25) is 5.91 Å². The molecule has 0 bridgehead atoms. The summed E-state index contributed by atoms with van der Waals surface area (Å²) >= 11 is 0. The summed E-state index contributed by atoms with van der Waals surface area (Å²) in [5, 5.41) is 8.58. The zero-order chi connectivity index (χ0) is 22.1. The van der Waals surface area contributed by atoms with Crippen molar-refractivity contribution in [1.82, 2.24) is 30.0 Å². The zero-order valence-electron chi connectivity index (χ0n) is 18.9. The number of rotatable bonds is 4. The molecule has 33 heavy (non-hydrogen) atoms. The molecule has 2 aliphatic rings. The number of H-pyrrole nitrogens is 1. The molecule has 2 N–H and O–H groups in total. The molecule has 5 rings (SSSR count). The van der Waals surface area contributed by atoms with Gasteiger partial charge in [0, 0.05) is 24.9 Å². The molecule has 4 heterocycles. The average Bonchev–Trinajstić information content (AvgIpc) is 3.24. The summed E-state index contributed by atoms with van der Waals surface area (Å²) in [7, 11) is 0. The fourth-order valence-corrected chi connectivity index (χ4v) is 5.00. The Morgan fingerprint density at radius 3 is 2.45 bits per heavy atom. The molecule has 8 nitrogen and oxygen atoms in total. The average molecular weight is 471 g/mol. The van der Waals surface area contributed by atoms with Crippen LogP contribution in [0.2, 0.25) is 0 Å². The number of hydrogen-bond donors (Lipinski definition) is 2. The molecule has 2 aliphatic heterocycles. The third kappa shape index (κ3) is 4.54. The molecule has 0 atom stereocenters. The Hall–Kier alpha value is -2.71. The molecule has 2 saturated heterocycles. The van der Waals surface area contributed by atoms with Gasteiger partial charge in [-0.25, -0.2) is 9.67 Å². The van der Waals surface area contributed by atoms with Crippen molar-refractivity contribution in [3.63, 3.8) is 0 Å². The lowest BCUT2D eigenvalue weighted by Crippen LogP contribution is -2.44. The highest BCUT2D eigenvalue weighted by molar-refractivity contribution is 5.85. The van der Waals surface area contributed by atoms with E-state index in [1.807, 2.05) is 42.2 Å². The Kier molecular flexibility index (Phi) is 7.14. The molecule has 1 amide bonds. The smallest absolute Gasteiger partial charge is 0.262 e. The summed E-state index contributed by atoms with van der Waals surface area (Å²) in [5.41, 5.74) is 2.13. The third-order valence-corrected chi connectivity index (χ3v) is 6.85. The number of benzene rings is 1. The number of aryl methyl sites for hydroxylation is 1. The van der Waals surface area contributed by atoms with Crippen LogP contribution in [0, 0.1) is 5.92 Å². The second kappa shape index (κ2) is 10.1. The Morgan fingerprint density at radius 1 is 1.09 bits per heavy atom. The number of fused-ring (bicyclic) bond motifs is 1. The van der Waals surface area contributed by atoms with Gasteiger partial charge in [0.25, 0.3) is 5.56 Å². The lowest BCUT2D eigenvalue weighted by Gasteiger charge is -2.35. The number of nitrogens with zero attached hydrogens (tertiary/aromatic N) is 4. The lowest BCUT2D eigenvalue weighted by molar-refractivity contribution is -0.137. The van der Waals surface area contributed by atoms with E-state index in [-0.39, 0.29) is 35.7 Å². The van der Waals surface area contributed by atoms with Crippen molar-refractivity contribution in [2.45, 2.75) is 44.9 Å². The largest absolute Gasteiger partial charge is 0.342 e. The highest BCUT2D eigenvalue weighted by Gasteiger charge is 2.31. The molecule has 0 radical (unpaired) electrons. The Labute approximate surface area is 199 Å². The normalized spacial score (nSPS) is 17.8.